The van der Waals surface area contributed by atoms with E-state index in [9.17, 15) is 4.79 Å². The Hall–Kier alpha value is -2.26. The van der Waals surface area contributed by atoms with Crippen molar-refractivity contribution in [2.75, 3.05) is 11.5 Å². The highest BCUT2D eigenvalue weighted by atomic mass is 35.5. The van der Waals surface area contributed by atoms with Crippen molar-refractivity contribution in [2.24, 2.45) is 0 Å². The minimum Gasteiger partial charge on any atom is -0.462 e. The molecule has 1 aliphatic rings. The molecule has 3 nitrogen and oxygen atoms in total. The number of nitrogens with zero attached hydrogens (tertiary/aromatic N) is 1. The van der Waals surface area contributed by atoms with Crippen molar-refractivity contribution in [1.29, 1.82) is 0 Å². The van der Waals surface area contributed by atoms with Gasteiger partial charge in [0.05, 0.1) is 12.2 Å². The molecule has 0 atom stereocenters. The van der Waals surface area contributed by atoms with Gasteiger partial charge in [-0.1, -0.05) is 41.9 Å². The number of allylic oxidation sites excluding steroid dienone is 1. The number of halogens is 1. The van der Waals surface area contributed by atoms with Gasteiger partial charge in [-0.3, -0.25) is 0 Å². The Morgan fingerprint density at radius 1 is 1.17 bits per heavy atom. The molecule has 0 aromatic heterocycles. The van der Waals surface area contributed by atoms with Gasteiger partial charge in [-0.15, -0.1) is 0 Å². The van der Waals surface area contributed by atoms with E-state index >= 15 is 0 Å². The van der Waals surface area contributed by atoms with Crippen LogP contribution in [0.5, 0.6) is 0 Å². The fraction of sp³-hybridized carbons (Fsp3) is 0.211. The topological polar surface area (TPSA) is 29.5 Å². The number of fused-ring (bicyclic) bond motifs is 1. The monoisotopic (exact) mass is 327 g/mol. The van der Waals surface area contributed by atoms with Crippen LogP contribution in [0.15, 0.2) is 54.2 Å². The van der Waals surface area contributed by atoms with E-state index in [1.54, 1.807) is 0 Å². The number of esters is 1. The average Bonchev–Trinajstić information content (AvgIpc) is 2.55. The van der Waals surface area contributed by atoms with Gasteiger partial charge in [0.15, 0.2) is 0 Å². The number of hydrogen-bond acceptors (Lipinski definition) is 3. The molecular formula is C19H18ClNO2. The lowest BCUT2D eigenvalue weighted by Gasteiger charge is -2.33. The van der Waals surface area contributed by atoms with Crippen molar-refractivity contribution in [3.05, 3.63) is 70.4 Å². The van der Waals surface area contributed by atoms with Gasteiger partial charge in [-0.2, -0.15) is 0 Å². The lowest BCUT2D eigenvalue weighted by molar-refractivity contribution is -0.136. The molecule has 0 bridgehead atoms. The van der Waals surface area contributed by atoms with Crippen molar-refractivity contribution in [2.45, 2.75) is 20.4 Å². The van der Waals surface area contributed by atoms with Gasteiger partial charge in [-0.05, 0) is 43.2 Å². The third kappa shape index (κ3) is 2.84. The number of anilines is 1. The molecule has 0 aliphatic carbocycles. The van der Waals surface area contributed by atoms with Gasteiger partial charge in [0.2, 0.25) is 0 Å². The molecule has 0 saturated carbocycles. The van der Waals surface area contributed by atoms with E-state index in [0.717, 1.165) is 22.5 Å². The van der Waals surface area contributed by atoms with E-state index in [2.05, 4.69) is 4.90 Å². The van der Waals surface area contributed by atoms with Crippen molar-refractivity contribution in [1.82, 2.24) is 0 Å². The molecule has 0 unspecified atom stereocenters. The predicted octanol–water partition coefficient (Wildman–Crippen LogP) is 4.65. The van der Waals surface area contributed by atoms with Crippen molar-refractivity contribution >= 4 is 28.8 Å². The SMILES string of the molecule is CCOC(=O)C1=C(C)N(c2ccccc2)Cc2c(Cl)cccc21. The largest absolute Gasteiger partial charge is 0.462 e. The minimum atomic E-state index is -0.311. The maximum atomic E-state index is 12.5. The van der Waals surface area contributed by atoms with Gasteiger partial charge >= 0.3 is 5.97 Å². The Morgan fingerprint density at radius 2 is 1.91 bits per heavy atom. The predicted molar refractivity (Wildman–Crippen MR) is 93.3 cm³/mol. The Bertz CT molecular complexity index is 768. The van der Waals surface area contributed by atoms with Crippen LogP contribution in [0.25, 0.3) is 5.57 Å². The van der Waals surface area contributed by atoms with E-state index in [-0.39, 0.29) is 5.97 Å². The first-order chi connectivity index (χ1) is 11.1. The maximum Gasteiger partial charge on any atom is 0.340 e. The summed E-state index contributed by atoms with van der Waals surface area (Å²) < 4.78 is 5.27. The van der Waals surface area contributed by atoms with Crippen LogP contribution in [-0.2, 0) is 16.1 Å². The van der Waals surface area contributed by atoms with Crippen LogP contribution in [0.3, 0.4) is 0 Å². The Morgan fingerprint density at radius 3 is 2.61 bits per heavy atom. The second-order valence-corrected chi connectivity index (χ2v) is 5.78. The summed E-state index contributed by atoms with van der Waals surface area (Å²) in [5.74, 6) is -0.311. The molecule has 23 heavy (non-hydrogen) atoms. The van der Waals surface area contributed by atoms with E-state index in [4.69, 9.17) is 16.3 Å². The third-order valence-corrected chi connectivity index (χ3v) is 4.37. The van der Waals surface area contributed by atoms with Crippen molar-refractivity contribution in [3.63, 3.8) is 0 Å². The van der Waals surface area contributed by atoms with Gasteiger partial charge in [0.25, 0.3) is 0 Å². The summed E-state index contributed by atoms with van der Waals surface area (Å²) in [6.45, 7) is 4.73. The van der Waals surface area contributed by atoms with Crippen LogP contribution in [0.2, 0.25) is 5.02 Å². The Labute approximate surface area is 141 Å². The highest BCUT2D eigenvalue weighted by Crippen LogP contribution is 2.38. The molecule has 2 aromatic carbocycles. The van der Waals surface area contributed by atoms with E-state index in [1.165, 1.54) is 0 Å². The average molecular weight is 328 g/mol. The summed E-state index contributed by atoms with van der Waals surface area (Å²) in [6.07, 6.45) is 0. The van der Waals surface area contributed by atoms with Crippen LogP contribution >= 0.6 is 11.6 Å². The minimum absolute atomic E-state index is 0.311. The fourth-order valence-electron chi connectivity index (χ4n) is 2.91. The summed E-state index contributed by atoms with van der Waals surface area (Å²) in [5, 5.41) is 0.665. The van der Waals surface area contributed by atoms with Crippen LogP contribution in [0, 0.1) is 0 Å². The second kappa shape index (κ2) is 6.47. The van der Waals surface area contributed by atoms with Gasteiger partial charge in [0, 0.05) is 23.0 Å². The normalized spacial score (nSPS) is 13.8. The highest BCUT2D eigenvalue weighted by molar-refractivity contribution is 6.32. The lowest BCUT2D eigenvalue weighted by Crippen LogP contribution is -2.29. The van der Waals surface area contributed by atoms with E-state index in [1.807, 2.05) is 62.4 Å². The molecular weight excluding hydrogens is 310 g/mol. The molecule has 0 fully saturated rings. The van der Waals surface area contributed by atoms with Crippen LogP contribution < -0.4 is 4.90 Å². The number of carbonyl (C=O) groups is 1. The number of ether oxygens (including phenoxy) is 1. The van der Waals surface area contributed by atoms with Crippen molar-refractivity contribution in [3.8, 4) is 0 Å². The molecule has 118 valence electrons. The maximum absolute atomic E-state index is 12.5. The Kier molecular flexibility index (Phi) is 4.39. The van der Waals surface area contributed by atoms with Crippen LogP contribution in [0.4, 0.5) is 5.69 Å². The number of hydrogen-bond donors (Lipinski definition) is 0. The first kappa shape index (κ1) is 15.6. The smallest absolute Gasteiger partial charge is 0.340 e. The van der Waals surface area contributed by atoms with Crippen molar-refractivity contribution < 1.29 is 9.53 Å². The first-order valence-electron chi connectivity index (χ1n) is 7.61. The summed E-state index contributed by atoms with van der Waals surface area (Å²) in [6, 6.07) is 15.6. The molecule has 3 rings (SSSR count). The molecule has 0 N–H and O–H groups in total. The molecule has 0 radical (unpaired) electrons. The lowest BCUT2D eigenvalue weighted by atomic mass is 9.93. The zero-order chi connectivity index (χ0) is 16.4. The number of para-hydroxylation sites is 1. The first-order valence-corrected chi connectivity index (χ1v) is 7.99. The molecule has 1 aliphatic heterocycles. The molecule has 0 amide bonds. The van der Waals surface area contributed by atoms with Gasteiger partial charge < -0.3 is 9.64 Å². The third-order valence-electron chi connectivity index (χ3n) is 4.02. The second-order valence-electron chi connectivity index (χ2n) is 5.37. The summed E-state index contributed by atoms with van der Waals surface area (Å²) in [5.41, 5.74) is 4.30. The van der Waals surface area contributed by atoms with Gasteiger partial charge in [0.1, 0.15) is 0 Å². The standard InChI is InChI=1S/C19H18ClNO2/c1-3-23-19(22)18-13(2)21(14-8-5-4-6-9-14)12-16-15(18)10-7-11-17(16)20/h4-11H,3,12H2,1-2H3. The summed E-state index contributed by atoms with van der Waals surface area (Å²) in [4.78, 5) is 14.6. The summed E-state index contributed by atoms with van der Waals surface area (Å²) in [7, 11) is 0. The zero-order valence-corrected chi connectivity index (χ0v) is 13.9. The fourth-order valence-corrected chi connectivity index (χ4v) is 3.15. The number of benzene rings is 2. The van der Waals surface area contributed by atoms with Gasteiger partial charge in [-0.25, -0.2) is 4.79 Å². The molecule has 2 aromatic rings. The molecule has 4 heteroatoms. The molecule has 1 heterocycles. The molecule has 0 saturated heterocycles. The molecule has 0 spiro atoms. The van der Waals surface area contributed by atoms with E-state index < -0.39 is 0 Å². The summed E-state index contributed by atoms with van der Waals surface area (Å²) >= 11 is 6.39. The van der Waals surface area contributed by atoms with Crippen LogP contribution in [-0.4, -0.2) is 12.6 Å². The van der Waals surface area contributed by atoms with Crippen LogP contribution in [0.1, 0.15) is 25.0 Å². The zero-order valence-electron chi connectivity index (χ0n) is 13.2. The number of carbonyl (C=O) groups excluding carboxylic acids is 1. The quantitative estimate of drug-likeness (QED) is 0.768. The van der Waals surface area contributed by atoms with E-state index in [0.29, 0.717) is 23.7 Å². The number of rotatable bonds is 3. The highest BCUT2D eigenvalue weighted by Gasteiger charge is 2.29. The Balaban J connectivity index is 2.18.